The second-order valence-corrected chi connectivity index (χ2v) is 5.54. The van der Waals surface area contributed by atoms with Crippen molar-refractivity contribution in [1.82, 2.24) is 0 Å². The lowest BCUT2D eigenvalue weighted by Crippen LogP contribution is -2.41. The molecule has 2 heteroatoms. The van der Waals surface area contributed by atoms with Gasteiger partial charge in [0, 0.05) is 11.3 Å². The van der Waals surface area contributed by atoms with Gasteiger partial charge in [0.05, 0.1) is 5.60 Å². The van der Waals surface area contributed by atoms with Crippen LogP contribution >= 0.6 is 11.3 Å². The highest BCUT2D eigenvalue weighted by Crippen LogP contribution is 2.36. The first-order chi connectivity index (χ1) is 6.71. The summed E-state index contributed by atoms with van der Waals surface area (Å²) < 4.78 is 0. The lowest BCUT2D eigenvalue weighted by Gasteiger charge is -2.38. The Morgan fingerprint density at radius 1 is 1.57 bits per heavy atom. The minimum Gasteiger partial charge on any atom is -0.389 e. The summed E-state index contributed by atoms with van der Waals surface area (Å²) in [4.78, 5) is 1.32. The van der Waals surface area contributed by atoms with Gasteiger partial charge in [-0.1, -0.05) is 25.8 Å². The molecular weight excluding hydrogens is 192 g/mol. The fraction of sp³-hybridized carbons (Fsp3) is 0.667. The van der Waals surface area contributed by atoms with Crippen molar-refractivity contribution in [3.63, 3.8) is 0 Å². The Morgan fingerprint density at radius 2 is 2.43 bits per heavy atom. The third-order valence-corrected chi connectivity index (χ3v) is 4.35. The highest BCUT2D eigenvalue weighted by atomic mass is 32.1. The fourth-order valence-electron chi connectivity index (χ4n) is 2.37. The van der Waals surface area contributed by atoms with Gasteiger partial charge in [-0.25, -0.2) is 0 Å². The van der Waals surface area contributed by atoms with E-state index < -0.39 is 5.60 Å². The molecule has 0 saturated heterocycles. The molecule has 78 valence electrons. The van der Waals surface area contributed by atoms with E-state index in [-0.39, 0.29) is 0 Å². The highest BCUT2D eigenvalue weighted by molar-refractivity contribution is 7.09. The quantitative estimate of drug-likeness (QED) is 0.794. The molecular formula is C12H18OS. The maximum Gasteiger partial charge on any atom is 0.0721 e. The fourth-order valence-corrected chi connectivity index (χ4v) is 3.20. The minimum atomic E-state index is -0.427. The zero-order valence-electron chi connectivity index (χ0n) is 8.70. The molecule has 14 heavy (non-hydrogen) atoms. The van der Waals surface area contributed by atoms with Gasteiger partial charge in [0.15, 0.2) is 0 Å². The zero-order chi connectivity index (χ0) is 10.0. The van der Waals surface area contributed by atoms with Crippen LogP contribution in [-0.4, -0.2) is 10.7 Å². The number of aliphatic hydroxyl groups is 1. The summed E-state index contributed by atoms with van der Waals surface area (Å²) in [6.07, 6.45) is 5.49. The van der Waals surface area contributed by atoms with Crippen molar-refractivity contribution in [3.8, 4) is 0 Å². The molecule has 1 aromatic rings. The average Bonchev–Trinajstić information content (AvgIpc) is 2.63. The van der Waals surface area contributed by atoms with Crippen LogP contribution in [0.1, 0.15) is 37.5 Å². The van der Waals surface area contributed by atoms with E-state index in [0.717, 1.165) is 12.8 Å². The van der Waals surface area contributed by atoms with Crippen molar-refractivity contribution < 1.29 is 5.11 Å². The predicted molar refractivity (Wildman–Crippen MR) is 60.6 cm³/mol. The van der Waals surface area contributed by atoms with Gasteiger partial charge in [-0.2, -0.15) is 0 Å². The Labute approximate surface area is 89.8 Å². The van der Waals surface area contributed by atoms with E-state index in [1.54, 1.807) is 11.3 Å². The second kappa shape index (κ2) is 4.03. The van der Waals surface area contributed by atoms with Crippen molar-refractivity contribution in [2.24, 2.45) is 5.92 Å². The summed E-state index contributed by atoms with van der Waals surface area (Å²) in [5.41, 5.74) is -0.427. The Morgan fingerprint density at radius 3 is 3.07 bits per heavy atom. The van der Waals surface area contributed by atoms with E-state index >= 15 is 0 Å². The highest BCUT2D eigenvalue weighted by Gasteiger charge is 2.36. The van der Waals surface area contributed by atoms with Gasteiger partial charge in [0.1, 0.15) is 0 Å². The third-order valence-electron chi connectivity index (χ3n) is 3.47. The summed E-state index contributed by atoms with van der Waals surface area (Å²) in [5.74, 6) is 0.457. The van der Waals surface area contributed by atoms with E-state index in [2.05, 4.69) is 24.4 Å². The van der Waals surface area contributed by atoms with E-state index in [1.165, 1.54) is 24.1 Å². The van der Waals surface area contributed by atoms with Crippen LogP contribution in [0.15, 0.2) is 17.5 Å². The molecule has 0 spiro atoms. The number of rotatable bonds is 2. The summed E-state index contributed by atoms with van der Waals surface area (Å²) in [6.45, 7) is 2.19. The van der Waals surface area contributed by atoms with Crippen molar-refractivity contribution in [3.05, 3.63) is 22.4 Å². The summed E-state index contributed by atoms with van der Waals surface area (Å²) in [5, 5.41) is 12.6. The van der Waals surface area contributed by atoms with Crippen LogP contribution in [0, 0.1) is 5.92 Å². The molecule has 1 heterocycles. The lowest BCUT2D eigenvalue weighted by atomic mass is 9.74. The second-order valence-electron chi connectivity index (χ2n) is 4.51. The van der Waals surface area contributed by atoms with Crippen LogP contribution in [0.3, 0.4) is 0 Å². The Hall–Kier alpha value is -0.340. The first-order valence-corrected chi connectivity index (χ1v) is 6.33. The molecule has 1 aliphatic rings. The van der Waals surface area contributed by atoms with E-state index in [1.807, 2.05) is 0 Å². The predicted octanol–water partition coefficient (Wildman–Crippen LogP) is 3.23. The van der Waals surface area contributed by atoms with Crippen molar-refractivity contribution in [2.45, 2.75) is 44.6 Å². The molecule has 0 bridgehead atoms. The average molecular weight is 210 g/mol. The van der Waals surface area contributed by atoms with E-state index in [0.29, 0.717) is 5.92 Å². The van der Waals surface area contributed by atoms with Crippen LogP contribution < -0.4 is 0 Å². The lowest BCUT2D eigenvalue weighted by molar-refractivity contribution is -0.0399. The molecule has 2 atom stereocenters. The molecule has 1 N–H and O–H groups in total. The van der Waals surface area contributed by atoms with E-state index in [4.69, 9.17) is 0 Å². The molecule has 1 aromatic heterocycles. The topological polar surface area (TPSA) is 20.2 Å². The Balaban J connectivity index is 2.07. The van der Waals surface area contributed by atoms with Gasteiger partial charge in [-0.3, -0.25) is 0 Å². The molecule has 2 unspecified atom stereocenters. The summed E-state index contributed by atoms with van der Waals surface area (Å²) in [6, 6.07) is 4.20. The number of thiophene rings is 1. The van der Waals surface area contributed by atoms with Crippen LogP contribution in [0.4, 0.5) is 0 Å². The molecule has 0 aromatic carbocycles. The largest absolute Gasteiger partial charge is 0.389 e. The van der Waals surface area contributed by atoms with Gasteiger partial charge in [-0.05, 0) is 30.2 Å². The molecule has 2 rings (SSSR count). The SMILES string of the molecule is CC1CCCCC1(O)Cc1cccs1. The van der Waals surface area contributed by atoms with Gasteiger partial charge < -0.3 is 5.11 Å². The van der Waals surface area contributed by atoms with Crippen molar-refractivity contribution in [1.29, 1.82) is 0 Å². The number of hydrogen-bond donors (Lipinski definition) is 1. The Kier molecular flexibility index (Phi) is 2.93. The van der Waals surface area contributed by atoms with Crippen LogP contribution in [0.25, 0.3) is 0 Å². The summed E-state index contributed by atoms with van der Waals surface area (Å²) in [7, 11) is 0. The van der Waals surface area contributed by atoms with Crippen LogP contribution in [0.2, 0.25) is 0 Å². The maximum atomic E-state index is 10.5. The molecule has 1 fully saturated rings. The van der Waals surface area contributed by atoms with Crippen LogP contribution in [-0.2, 0) is 6.42 Å². The van der Waals surface area contributed by atoms with Crippen LogP contribution in [0.5, 0.6) is 0 Å². The minimum absolute atomic E-state index is 0.427. The maximum absolute atomic E-state index is 10.5. The van der Waals surface area contributed by atoms with Crippen molar-refractivity contribution >= 4 is 11.3 Å². The molecule has 0 radical (unpaired) electrons. The smallest absolute Gasteiger partial charge is 0.0721 e. The first kappa shape index (κ1) is 10.2. The third kappa shape index (κ3) is 2.01. The first-order valence-electron chi connectivity index (χ1n) is 5.45. The normalized spacial score (nSPS) is 33.1. The Bertz CT molecular complexity index is 281. The van der Waals surface area contributed by atoms with Crippen molar-refractivity contribution in [2.75, 3.05) is 0 Å². The van der Waals surface area contributed by atoms with Gasteiger partial charge in [-0.15, -0.1) is 11.3 Å². The molecule has 0 aliphatic heterocycles. The molecule has 0 amide bonds. The van der Waals surface area contributed by atoms with Gasteiger partial charge in [0.25, 0.3) is 0 Å². The molecule has 1 nitrogen and oxygen atoms in total. The molecule has 1 aliphatic carbocycles. The van der Waals surface area contributed by atoms with Gasteiger partial charge >= 0.3 is 0 Å². The van der Waals surface area contributed by atoms with Gasteiger partial charge in [0.2, 0.25) is 0 Å². The van der Waals surface area contributed by atoms with E-state index in [9.17, 15) is 5.11 Å². The number of hydrogen-bond acceptors (Lipinski definition) is 2. The monoisotopic (exact) mass is 210 g/mol. The molecule has 1 saturated carbocycles. The zero-order valence-corrected chi connectivity index (χ0v) is 9.52. The standard InChI is InChI=1S/C12H18OS/c1-10-5-2-3-7-12(10,13)9-11-6-4-8-14-11/h4,6,8,10,13H,2-3,5,7,9H2,1H3. The summed E-state index contributed by atoms with van der Waals surface area (Å²) >= 11 is 1.76.